The van der Waals surface area contributed by atoms with Crippen molar-refractivity contribution in [2.45, 2.75) is 18.4 Å². The van der Waals surface area contributed by atoms with E-state index in [1.54, 1.807) is 0 Å². The van der Waals surface area contributed by atoms with Crippen LogP contribution in [-0.4, -0.2) is 11.9 Å². The Morgan fingerprint density at radius 2 is 1.05 bits per heavy atom. The van der Waals surface area contributed by atoms with Crippen LogP contribution < -0.4 is 26.4 Å². The van der Waals surface area contributed by atoms with Gasteiger partial charge in [-0.05, 0) is 101 Å². The summed E-state index contributed by atoms with van der Waals surface area (Å²) in [4.78, 5) is 5.44. The first-order valence-corrected chi connectivity index (χ1v) is 21.5. The van der Waals surface area contributed by atoms with Gasteiger partial charge in [0, 0.05) is 16.3 Å². The molecule has 0 bridgehead atoms. The lowest BCUT2D eigenvalue weighted by molar-refractivity contribution is 0.409. The standard InChI is InChI=1S/C58H42N4/c1-3-17-37(18-4-1)56-60-57(38-19-5-2-6-20-38)62-58(61-56)42-34-40(33-41(35-42)53-36-39-21-7-8-22-43(39)45-23-9-10-24-48(45)53)44-28-15-30-47-46(44)29-16-31-52(47)55-51-27-12-11-25-49(51)50-26-13-14-32-54(50)59-55/h1-36,54,56,58-59,61H,(H,60,62). The fourth-order valence-corrected chi connectivity index (χ4v) is 9.82. The van der Waals surface area contributed by atoms with Crippen LogP contribution in [0.5, 0.6) is 0 Å². The lowest BCUT2D eigenvalue weighted by atomic mass is 9.87. The molecular weight excluding hydrogens is 753 g/mol. The van der Waals surface area contributed by atoms with Crippen LogP contribution in [0.15, 0.2) is 223 Å². The predicted octanol–water partition coefficient (Wildman–Crippen LogP) is 11.2. The minimum atomic E-state index is -0.339. The minimum Gasteiger partial charge on any atom is -0.374 e. The van der Waals surface area contributed by atoms with Crippen molar-refractivity contribution in [3.05, 3.63) is 251 Å². The third-order valence-corrected chi connectivity index (χ3v) is 12.7. The first-order chi connectivity index (χ1) is 30.7. The van der Waals surface area contributed by atoms with Crippen LogP contribution in [0.2, 0.25) is 0 Å². The highest BCUT2D eigenvalue weighted by molar-refractivity contribution is 6.14. The average Bonchev–Trinajstić information content (AvgIpc) is 3.35. The van der Waals surface area contributed by atoms with Gasteiger partial charge >= 0.3 is 0 Å². The molecule has 0 saturated carbocycles. The van der Waals surface area contributed by atoms with Crippen LogP contribution >= 0.6 is 0 Å². The predicted molar refractivity (Wildman–Crippen MR) is 258 cm³/mol. The third-order valence-electron chi connectivity index (χ3n) is 12.7. The Hall–Kier alpha value is -7.79. The summed E-state index contributed by atoms with van der Waals surface area (Å²) in [5.74, 6) is 0.863. The maximum Gasteiger partial charge on any atom is 0.131 e. The summed E-state index contributed by atoms with van der Waals surface area (Å²) in [6, 6.07) is 70.5. The van der Waals surface area contributed by atoms with Crippen molar-refractivity contribution in [1.29, 1.82) is 0 Å². The second-order valence-electron chi connectivity index (χ2n) is 16.4. The van der Waals surface area contributed by atoms with Crippen LogP contribution in [0.3, 0.4) is 0 Å². The molecule has 9 aromatic rings. The van der Waals surface area contributed by atoms with Crippen molar-refractivity contribution in [3.63, 3.8) is 0 Å². The Morgan fingerprint density at radius 3 is 1.87 bits per heavy atom. The Balaban J connectivity index is 1.09. The molecule has 294 valence electrons. The quantitative estimate of drug-likeness (QED) is 0.147. The number of hydrogen-bond acceptors (Lipinski definition) is 4. The summed E-state index contributed by atoms with van der Waals surface area (Å²) in [5, 5.41) is 21.4. The highest BCUT2D eigenvalue weighted by atomic mass is 15.3. The van der Waals surface area contributed by atoms with Gasteiger partial charge in [-0.1, -0.05) is 194 Å². The van der Waals surface area contributed by atoms with E-state index in [0.717, 1.165) is 39.3 Å². The van der Waals surface area contributed by atoms with Crippen LogP contribution in [0.4, 0.5) is 0 Å². The summed E-state index contributed by atoms with van der Waals surface area (Å²) in [7, 11) is 0. The van der Waals surface area contributed by atoms with E-state index in [2.05, 4.69) is 234 Å². The molecule has 0 aromatic heterocycles. The van der Waals surface area contributed by atoms with E-state index >= 15 is 0 Å². The number of fused-ring (bicyclic) bond motifs is 6. The average molecular weight is 795 g/mol. The van der Waals surface area contributed by atoms with Gasteiger partial charge in [0.05, 0.1) is 11.7 Å². The molecule has 0 amide bonds. The van der Waals surface area contributed by atoms with Crippen molar-refractivity contribution >= 4 is 49.4 Å². The lowest BCUT2D eigenvalue weighted by Gasteiger charge is -2.32. The van der Waals surface area contributed by atoms with Gasteiger partial charge < -0.3 is 10.6 Å². The van der Waals surface area contributed by atoms with Crippen molar-refractivity contribution in [3.8, 4) is 22.3 Å². The highest BCUT2D eigenvalue weighted by Crippen LogP contribution is 2.41. The molecular formula is C58H42N4. The maximum atomic E-state index is 5.44. The Bertz CT molecular complexity index is 3460. The van der Waals surface area contributed by atoms with Gasteiger partial charge in [-0.15, -0.1) is 0 Å². The van der Waals surface area contributed by atoms with Gasteiger partial charge in [-0.3, -0.25) is 5.32 Å². The Labute approximate surface area is 360 Å². The molecule has 0 spiro atoms. The molecule has 0 fully saturated rings. The molecule has 0 radical (unpaired) electrons. The van der Waals surface area contributed by atoms with E-state index in [0.29, 0.717) is 0 Å². The highest BCUT2D eigenvalue weighted by Gasteiger charge is 2.27. The molecule has 0 saturated heterocycles. The van der Waals surface area contributed by atoms with E-state index in [-0.39, 0.29) is 18.4 Å². The van der Waals surface area contributed by atoms with Gasteiger partial charge in [0.15, 0.2) is 0 Å². The SMILES string of the molecule is C1=CC2=c3ccccc3=C(c3cccc4c(-c5cc(-c6cc7ccccc7c7ccccc67)cc(C6N=C(c7ccccc7)NC(c7ccccc7)N6)c5)cccc34)NC2C=C1. The number of aliphatic imine (C=N–C) groups is 1. The van der Waals surface area contributed by atoms with E-state index in [1.165, 1.54) is 65.0 Å². The molecule has 62 heavy (non-hydrogen) atoms. The van der Waals surface area contributed by atoms with Crippen molar-refractivity contribution in [2.75, 3.05) is 0 Å². The number of rotatable bonds is 6. The molecule has 1 aliphatic carbocycles. The van der Waals surface area contributed by atoms with Gasteiger partial charge in [-0.2, -0.15) is 0 Å². The Morgan fingerprint density at radius 1 is 0.419 bits per heavy atom. The minimum absolute atomic E-state index is 0.109. The molecule has 3 aliphatic rings. The zero-order valence-corrected chi connectivity index (χ0v) is 34.0. The molecule has 3 unspecified atom stereocenters. The van der Waals surface area contributed by atoms with Crippen LogP contribution in [0, 0.1) is 0 Å². The number of amidine groups is 1. The first-order valence-electron chi connectivity index (χ1n) is 21.5. The summed E-state index contributed by atoms with van der Waals surface area (Å²) >= 11 is 0. The van der Waals surface area contributed by atoms with Crippen molar-refractivity contribution in [1.82, 2.24) is 16.0 Å². The maximum absolute atomic E-state index is 5.44. The van der Waals surface area contributed by atoms with Crippen LogP contribution in [0.25, 0.3) is 65.8 Å². The van der Waals surface area contributed by atoms with Gasteiger partial charge in [0.1, 0.15) is 18.2 Å². The number of nitrogens with zero attached hydrogens (tertiary/aromatic N) is 1. The molecule has 2 aliphatic heterocycles. The van der Waals surface area contributed by atoms with E-state index < -0.39 is 0 Å². The van der Waals surface area contributed by atoms with Gasteiger partial charge in [0.2, 0.25) is 0 Å². The van der Waals surface area contributed by atoms with Crippen LogP contribution in [0.1, 0.15) is 34.6 Å². The fourth-order valence-electron chi connectivity index (χ4n) is 9.82. The number of nitrogens with one attached hydrogen (secondary N) is 3. The monoisotopic (exact) mass is 794 g/mol. The summed E-state index contributed by atoms with van der Waals surface area (Å²) < 4.78 is 0. The zero-order valence-electron chi connectivity index (χ0n) is 34.0. The second kappa shape index (κ2) is 15.0. The number of hydrogen-bond donors (Lipinski definition) is 3. The first kappa shape index (κ1) is 36.1. The normalized spacial score (nSPS) is 17.9. The smallest absolute Gasteiger partial charge is 0.131 e. The molecule has 4 heteroatoms. The number of benzene rings is 9. The third kappa shape index (κ3) is 6.23. The zero-order chi connectivity index (χ0) is 41.0. The topological polar surface area (TPSA) is 48.5 Å². The molecule has 2 heterocycles. The van der Waals surface area contributed by atoms with E-state index in [9.17, 15) is 0 Å². The summed E-state index contributed by atoms with van der Waals surface area (Å²) in [5.41, 5.74) is 11.6. The largest absolute Gasteiger partial charge is 0.374 e. The second-order valence-corrected chi connectivity index (χ2v) is 16.4. The molecule has 3 atom stereocenters. The fraction of sp³-hybridized carbons (Fsp3) is 0.0517. The summed E-state index contributed by atoms with van der Waals surface area (Å²) in [6.45, 7) is 0. The molecule has 4 nitrogen and oxygen atoms in total. The van der Waals surface area contributed by atoms with Gasteiger partial charge in [-0.25, -0.2) is 4.99 Å². The van der Waals surface area contributed by atoms with Crippen LogP contribution in [-0.2, 0) is 0 Å². The lowest BCUT2D eigenvalue weighted by Crippen LogP contribution is -2.45. The molecule has 3 N–H and O–H groups in total. The molecule has 12 rings (SSSR count). The van der Waals surface area contributed by atoms with Gasteiger partial charge in [0.25, 0.3) is 0 Å². The van der Waals surface area contributed by atoms with Crippen molar-refractivity contribution in [2.24, 2.45) is 4.99 Å². The van der Waals surface area contributed by atoms with E-state index in [4.69, 9.17) is 4.99 Å². The molecule has 9 aromatic carbocycles. The van der Waals surface area contributed by atoms with E-state index in [1.807, 2.05) is 0 Å². The van der Waals surface area contributed by atoms with Crippen molar-refractivity contribution < 1.29 is 0 Å². The summed E-state index contributed by atoms with van der Waals surface area (Å²) in [6.07, 6.45) is 8.28. The number of allylic oxidation sites excluding steroid dienone is 2. The Kier molecular flexibility index (Phi) is 8.75.